The topological polar surface area (TPSA) is 164 Å². The summed E-state index contributed by atoms with van der Waals surface area (Å²) in [5.41, 5.74) is -2.77. The van der Waals surface area contributed by atoms with Crippen LogP contribution >= 0.6 is 11.6 Å². The Balaban J connectivity index is 1.76. The number of sulfone groups is 1. The molecule has 3 heterocycles. The summed E-state index contributed by atoms with van der Waals surface area (Å²) in [5, 5.41) is 27.5. The highest BCUT2D eigenvalue weighted by molar-refractivity contribution is 7.91. The van der Waals surface area contributed by atoms with Crippen LogP contribution in [0.5, 0.6) is 0 Å². The second kappa shape index (κ2) is 11.6. The number of hydrogen-bond donors (Lipinski definition) is 2. The summed E-state index contributed by atoms with van der Waals surface area (Å²) in [6, 6.07) is 5.00. The third-order valence-corrected chi connectivity index (χ3v) is 7.20. The molecule has 19 heteroatoms. The lowest BCUT2D eigenvalue weighted by molar-refractivity contribution is -0.624. The third kappa shape index (κ3) is 7.32. The van der Waals surface area contributed by atoms with Crippen LogP contribution < -0.4 is 25.7 Å². The van der Waals surface area contributed by atoms with E-state index in [1.54, 1.807) is 0 Å². The Morgan fingerprint density at radius 1 is 1.07 bits per heavy atom. The van der Waals surface area contributed by atoms with E-state index in [0.717, 1.165) is 36.8 Å². The second-order valence-electron chi connectivity index (χ2n) is 8.09. The maximum absolute atomic E-state index is 14.5. The van der Waals surface area contributed by atoms with Crippen LogP contribution in [0.3, 0.4) is 0 Å². The number of anilines is 1. The van der Waals surface area contributed by atoms with Gasteiger partial charge in [-0.3, -0.25) is 14.2 Å². The van der Waals surface area contributed by atoms with E-state index in [2.05, 4.69) is 15.6 Å². The van der Waals surface area contributed by atoms with Gasteiger partial charge in [0.25, 0.3) is 11.3 Å². The van der Waals surface area contributed by atoms with Crippen molar-refractivity contribution < 1.29 is 44.6 Å². The first-order valence-corrected chi connectivity index (χ1v) is 12.9. The van der Waals surface area contributed by atoms with Crippen LogP contribution in [0.4, 0.5) is 27.8 Å². The van der Waals surface area contributed by atoms with Crippen molar-refractivity contribution in [1.82, 2.24) is 14.9 Å². The normalized spacial score (nSPS) is 12.2. The SMILES string of the molecule is O=C(Cn1c(Cl)cnc(NCC(F)(F)c2cccc[n+]2[O-])c1=O)NCc1c(S(=O)(=O)CC(F)(F)F)ccc[n+]1[O-]. The van der Waals surface area contributed by atoms with Gasteiger partial charge >= 0.3 is 12.1 Å². The summed E-state index contributed by atoms with van der Waals surface area (Å²) in [6.07, 6.45) is -2.59. The monoisotopic (exact) mass is 612 g/mol. The lowest BCUT2D eigenvalue weighted by Crippen LogP contribution is -2.42. The maximum Gasteiger partial charge on any atom is 0.403 e. The van der Waals surface area contributed by atoms with E-state index in [1.807, 2.05) is 0 Å². The van der Waals surface area contributed by atoms with E-state index in [4.69, 9.17) is 11.6 Å². The van der Waals surface area contributed by atoms with E-state index in [1.165, 1.54) is 12.1 Å². The molecule has 3 rings (SSSR count). The molecule has 0 saturated carbocycles. The Kier molecular flexibility index (Phi) is 8.83. The summed E-state index contributed by atoms with van der Waals surface area (Å²) >= 11 is 5.90. The minimum Gasteiger partial charge on any atom is -0.618 e. The number of amides is 1. The molecule has 0 fully saturated rings. The van der Waals surface area contributed by atoms with Gasteiger partial charge < -0.3 is 21.0 Å². The van der Waals surface area contributed by atoms with E-state index in [0.29, 0.717) is 4.57 Å². The lowest BCUT2D eigenvalue weighted by atomic mass is 10.2. The number of alkyl halides is 5. The number of carbonyl (C=O) groups is 1. The Bertz CT molecular complexity index is 1580. The van der Waals surface area contributed by atoms with Crippen LogP contribution in [0.1, 0.15) is 11.4 Å². The van der Waals surface area contributed by atoms with Crippen LogP contribution in [0.15, 0.2) is 58.6 Å². The first kappa shape index (κ1) is 30.5. The van der Waals surface area contributed by atoms with Gasteiger partial charge in [-0.05, 0) is 12.1 Å². The van der Waals surface area contributed by atoms with E-state index in [-0.39, 0.29) is 9.46 Å². The molecule has 0 radical (unpaired) electrons. The van der Waals surface area contributed by atoms with Crippen molar-refractivity contribution in [3.8, 4) is 0 Å². The van der Waals surface area contributed by atoms with Crippen LogP contribution in [0.2, 0.25) is 5.15 Å². The molecule has 0 bridgehead atoms. The Morgan fingerprint density at radius 3 is 2.40 bits per heavy atom. The van der Waals surface area contributed by atoms with Gasteiger partial charge in [-0.15, -0.1) is 0 Å². The second-order valence-corrected chi connectivity index (χ2v) is 10.4. The smallest absolute Gasteiger partial charge is 0.403 e. The molecule has 1 amide bonds. The summed E-state index contributed by atoms with van der Waals surface area (Å²) in [4.78, 5) is 27.8. The molecule has 0 aromatic carbocycles. The minimum absolute atomic E-state index is 0.0460. The number of nitrogens with one attached hydrogen (secondary N) is 2. The predicted molar refractivity (Wildman–Crippen MR) is 127 cm³/mol. The van der Waals surface area contributed by atoms with Crippen LogP contribution in [0.25, 0.3) is 0 Å². The fraction of sp³-hybridized carbons (Fsp3) is 0.286. The molecular formula is C21H18ClF5N6O6S. The fourth-order valence-corrected chi connectivity index (χ4v) is 4.94. The summed E-state index contributed by atoms with van der Waals surface area (Å²) in [6.45, 7) is -2.96. The zero-order chi connectivity index (χ0) is 29.9. The van der Waals surface area contributed by atoms with Crippen molar-refractivity contribution in [3.05, 3.63) is 86.2 Å². The Labute approximate surface area is 226 Å². The standard InChI is InChI=1S/C21H18ClF5N6O6S/c22-16-9-29-18(30-11-20(23,24)15-5-1-2-6-33(15)37)19(35)31(16)10-17(34)28-8-13-14(4-3-7-32(13)36)40(38,39)12-21(25,26)27/h1-7,9H,8,10-12H2,(H,28,34)(H,29,30). The van der Waals surface area contributed by atoms with Gasteiger partial charge in [0, 0.05) is 18.2 Å². The van der Waals surface area contributed by atoms with E-state index < -0.39 is 86.0 Å². The molecule has 40 heavy (non-hydrogen) atoms. The van der Waals surface area contributed by atoms with Crippen molar-refractivity contribution in [2.24, 2.45) is 0 Å². The Hall–Kier alpha value is -4.06. The molecule has 0 spiro atoms. The van der Waals surface area contributed by atoms with Gasteiger partial charge in [-0.1, -0.05) is 11.6 Å². The van der Waals surface area contributed by atoms with Crippen LogP contribution in [0, 0.1) is 10.4 Å². The first-order chi connectivity index (χ1) is 18.5. The fourth-order valence-electron chi connectivity index (χ4n) is 3.36. The number of pyridine rings is 2. The molecule has 0 aliphatic rings. The summed E-state index contributed by atoms with van der Waals surface area (Å²) in [7, 11) is -5.01. The minimum atomic E-state index is -5.10. The molecule has 3 aromatic rings. The van der Waals surface area contributed by atoms with Crippen molar-refractivity contribution >= 4 is 33.2 Å². The molecular weight excluding hydrogens is 595 g/mol. The molecule has 0 atom stereocenters. The molecule has 0 unspecified atom stereocenters. The van der Waals surface area contributed by atoms with Gasteiger partial charge in [0.1, 0.15) is 23.1 Å². The number of nitrogens with zero attached hydrogens (tertiary/aromatic N) is 4. The predicted octanol–water partition coefficient (Wildman–Crippen LogP) is 1.02. The summed E-state index contributed by atoms with van der Waals surface area (Å²) < 4.78 is 92.0. The zero-order valence-corrected chi connectivity index (χ0v) is 21.4. The maximum atomic E-state index is 14.5. The first-order valence-electron chi connectivity index (χ1n) is 10.8. The molecule has 0 aliphatic carbocycles. The van der Waals surface area contributed by atoms with Crippen LogP contribution in [-0.2, 0) is 33.6 Å². The van der Waals surface area contributed by atoms with E-state index >= 15 is 0 Å². The quantitative estimate of drug-likeness (QED) is 0.195. The molecule has 0 saturated heterocycles. The highest BCUT2D eigenvalue weighted by atomic mass is 35.5. The van der Waals surface area contributed by atoms with Gasteiger partial charge in [0.15, 0.2) is 33.8 Å². The highest BCUT2D eigenvalue weighted by Gasteiger charge is 2.40. The number of hydrogen-bond acceptors (Lipinski definition) is 8. The number of halogens is 6. The van der Waals surface area contributed by atoms with Crippen molar-refractivity contribution in [2.75, 3.05) is 17.6 Å². The molecule has 12 nitrogen and oxygen atoms in total. The van der Waals surface area contributed by atoms with Gasteiger partial charge in [-0.25, -0.2) is 13.4 Å². The summed E-state index contributed by atoms with van der Waals surface area (Å²) in [5.74, 6) is -7.70. The Morgan fingerprint density at radius 2 is 1.75 bits per heavy atom. The number of carbonyl (C=O) groups excluding carboxylic acids is 1. The van der Waals surface area contributed by atoms with Crippen LogP contribution in [-0.4, -0.2) is 42.3 Å². The number of aromatic nitrogens is 4. The van der Waals surface area contributed by atoms with Gasteiger partial charge in [0.05, 0.1) is 12.7 Å². The van der Waals surface area contributed by atoms with Crippen molar-refractivity contribution in [3.63, 3.8) is 0 Å². The largest absolute Gasteiger partial charge is 0.618 e. The number of rotatable bonds is 10. The van der Waals surface area contributed by atoms with Gasteiger partial charge in [-0.2, -0.15) is 31.4 Å². The molecule has 3 aromatic heterocycles. The van der Waals surface area contributed by atoms with E-state index in [9.17, 15) is 50.4 Å². The molecule has 216 valence electrons. The third-order valence-electron chi connectivity index (χ3n) is 5.15. The lowest BCUT2D eigenvalue weighted by Gasteiger charge is -2.17. The zero-order valence-electron chi connectivity index (χ0n) is 19.9. The molecule has 0 aliphatic heterocycles. The average molecular weight is 613 g/mol. The van der Waals surface area contributed by atoms with Gasteiger partial charge in [0.2, 0.25) is 11.6 Å². The average Bonchev–Trinajstić information content (AvgIpc) is 2.84. The van der Waals surface area contributed by atoms with Crippen molar-refractivity contribution in [1.29, 1.82) is 0 Å². The molecule has 2 N–H and O–H groups in total. The van der Waals surface area contributed by atoms with Crippen molar-refractivity contribution in [2.45, 2.75) is 30.1 Å². The highest BCUT2D eigenvalue weighted by Crippen LogP contribution is 2.25.